The van der Waals surface area contributed by atoms with E-state index in [2.05, 4.69) is 4.98 Å². The number of pyridine rings is 1. The van der Waals surface area contributed by atoms with Crippen LogP contribution < -0.4 is 4.74 Å². The number of nitrogens with zero attached hydrogens (tertiary/aromatic N) is 2. The van der Waals surface area contributed by atoms with E-state index in [0.717, 1.165) is 35.2 Å². The first-order valence-electron chi connectivity index (χ1n) is 18.7. The highest BCUT2D eigenvalue weighted by atomic mass is 32.2. The molecule has 0 saturated heterocycles. The summed E-state index contributed by atoms with van der Waals surface area (Å²) in [6.45, 7) is 10.3. The van der Waals surface area contributed by atoms with Gasteiger partial charge in [0.2, 0.25) is 0 Å². The minimum atomic E-state index is -5.64. The first kappa shape index (κ1) is 39.7. The molecule has 292 valence electrons. The molecule has 0 N–H and O–H groups in total. The van der Waals surface area contributed by atoms with Gasteiger partial charge in [0, 0.05) is 39.3 Å². The Morgan fingerprint density at radius 3 is 2.49 bits per heavy atom. The molecule has 6 nitrogen and oxygen atoms in total. The van der Waals surface area contributed by atoms with Gasteiger partial charge in [-0.2, -0.15) is 22.0 Å². The molecule has 1 aliphatic heterocycles. The molecule has 3 aliphatic carbocycles. The van der Waals surface area contributed by atoms with Crippen LogP contribution in [-0.2, 0) is 35.1 Å². The van der Waals surface area contributed by atoms with Crippen LogP contribution >= 0.6 is 0 Å². The molecule has 13 heteroatoms. The number of halogens is 6. The number of ether oxygens (including phenoxy) is 1. The Bertz CT molecular complexity index is 1720. The van der Waals surface area contributed by atoms with Crippen LogP contribution in [0.3, 0.4) is 0 Å². The van der Waals surface area contributed by atoms with E-state index in [-0.39, 0.29) is 47.0 Å². The molecule has 2 heterocycles. The molecule has 6 rings (SSSR count). The fraction of sp³-hybridized carbons (Fsp3) is 0.675. The number of ketones is 1. The fourth-order valence-electron chi connectivity index (χ4n) is 10.1. The molecule has 53 heavy (non-hydrogen) atoms. The quantitative estimate of drug-likeness (QED) is 0.213. The van der Waals surface area contributed by atoms with Crippen LogP contribution in [0.1, 0.15) is 114 Å². The zero-order valence-electron chi connectivity index (χ0n) is 31.0. The lowest BCUT2D eigenvalue weighted by molar-refractivity contribution is -0.284. The second kappa shape index (κ2) is 14.3. The monoisotopic (exact) mass is 768 g/mol. The van der Waals surface area contributed by atoms with E-state index in [4.69, 9.17) is 4.74 Å². The molecular weight excluding hydrogens is 719 g/mol. The number of hydrogen-bond donors (Lipinski definition) is 0. The SMILES string of the molecule is CC(C)(CC[C@@H]1Cc2cc(OC(=O)N3Cc4cccnc4C3)ccc2[C@H]2CC[C@]3(C)C(=O)C(F)C[C@H]3[C@H]12)CC(C)(C)S(=O)CCCC(F)(F)C(F)(F)F. The molecule has 2 saturated carbocycles. The van der Waals surface area contributed by atoms with E-state index in [0.29, 0.717) is 44.5 Å². The molecule has 0 bridgehead atoms. The van der Waals surface area contributed by atoms with Gasteiger partial charge in [-0.15, -0.1) is 0 Å². The van der Waals surface area contributed by atoms with Crippen molar-refractivity contribution in [2.75, 3.05) is 5.75 Å². The summed E-state index contributed by atoms with van der Waals surface area (Å²) in [6, 6.07) is 9.55. The minimum absolute atomic E-state index is 0.0585. The third-order valence-electron chi connectivity index (χ3n) is 12.7. The average molecular weight is 769 g/mol. The van der Waals surface area contributed by atoms with E-state index in [1.165, 1.54) is 0 Å². The van der Waals surface area contributed by atoms with Gasteiger partial charge < -0.3 is 4.74 Å². The van der Waals surface area contributed by atoms with E-state index < -0.39 is 58.2 Å². The van der Waals surface area contributed by atoms with Crippen molar-refractivity contribution in [3.63, 3.8) is 0 Å². The Hall–Kier alpha value is -2.96. The average Bonchev–Trinajstić information content (AvgIpc) is 3.60. The number of rotatable bonds is 11. The zero-order valence-corrected chi connectivity index (χ0v) is 31.9. The Labute approximate surface area is 310 Å². The fourth-order valence-corrected chi connectivity index (χ4v) is 11.6. The molecule has 1 amide bonds. The molecule has 4 aliphatic rings. The maximum Gasteiger partial charge on any atom is 0.453 e. The van der Waals surface area contributed by atoms with Gasteiger partial charge in [0.15, 0.2) is 12.0 Å². The van der Waals surface area contributed by atoms with Gasteiger partial charge in [0.05, 0.1) is 18.8 Å². The summed E-state index contributed by atoms with van der Waals surface area (Å²) < 4.78 is 98.4. The number of Topliss-reactive ketones (excluding diaryl/α,β-unsaturated/α-hetero) is 1. The lowest BCUT2D eigenvalue weighted by Crippen LogP contribution is -2.46. The maximum absolute atomic E-state index is 15.2. The van der Waals surface area contributed by atoms with Crippen LogP contribution in [0.2, 0.25) is 0 Å². The second-order valence-electron chi connectivity index (χ2n) is 17.5. The summed E-state index contributed by atoms with van der Waals surface area (Å²) in [6.07, 6.45) is -3.74. The summed E-state index contributed by atoms with van der Waals surface area (Å²) in [5.74, 6) is -4.82. The van der Waals surface area contributed by atoms with E-state index in [1.54, 1.807) is 24.9 Å². The van der Waals surface area contributed by atoms with Gasteiger partial charge in [-0.3, -0.25) is 18.9 Å². The molecule has 7 atom stereocenters. The van der Waals surface area contributed by atoms with Gasteiger partial charge in [0.25, 0.3) is 0 Å². The van der Waals surface area contributed by atoms with Crippen molar-refractivity contribution in [2.45, 2.75) is 134 Å². The number of fused-ring (bicyclic) bond motifs is 6. The summed E-state index contributed by atoms with van der Waals surface area (Å²) in [4.78, 5) is 32.3. The highest BCUT2D eigenvalue weighted by molar-refractivity contribution is 7.86. The Morgan fingerprint density at radius 1 is 1.06 bits per heavy atom. The van der Waals surface area contributed by atoms with Gasteiger partial charge in [-0.25, -0.2) is 9.18 Å². The number of carbonyl (C=O) groups excluding carboxylic acids is 2. The van der Waals surface area contributed by atoms with Crippen molar-refractivity contribution in [3.05, 3.63) is 58.9 Å². The minimum Gasteiger partial charge on any atom is -0.410 e. The van der Waals surface area contributed by atoms with Gasteiger partial charge in [-0.1, -0.05) is 32.9 Å². The normalized spacial score (nSPS) is 27.9. The predicted molar refractivity (Wildman–Crippen MR) is 190 cm³/mol. The van der Waals surface area contributed by atoms with E-state index >= 15 is 4.39 Å². The van der Waals surface area contributed by atoms with Crippen molar-refractivity contribution in [3.8, 4) is 5.75 Å². The molecule has 0 radical (unpaired) electrons. The maximum atomic E-state index is 15.2. The number of aromatic nitrogens is 1. The van der Waals surface area contributed by atoms with Crippen LogP contribution in [0.5, 0.6) is 5.75 Å². The lowest BCUT2D eigenvalue weighted by Gasteiger charge is -2.52. The summed E-state index contributed by atoms with van der Waals surface area (Å²) >= 11 is 0. The molecule has 2 fully saturated rings. The topological polar surface area (TPSA) is 76.6 Å². The Balaban J connectivity index is 1.17. The number of alkyl halides is 6. The molecule has 1 aromatic carbocycles. The number of hydrogen-bond acceptors (Lipinski definition) is 5. The highest BCUT2D eigenvalue weighted by Crippen LogP contribution is 2.62. The Kier molecular flexibility index (Phi) is 10.7. The van der Waals surface area contributed by atoms with E-state index in [1.807, 2.05) is 51.1 Å². The summed E-state index contributed by atoms with van der Waals surface area (Å²) in [7, 11) is -1.65. The summed E-state index contributed by atoms with van der Waals surface area (Å²) in [5.41, 5.74) is 2.93. The lowest BCUT2D eigenvalue weighted by atomic mass is 9.52. The van der Waals surface area contributed by atoms with Crippen LogP contribution in [0.4, 0.5) is 31.1 Å². The summed E-state index contributed by atoms with van der Waals surface area (Å²) in [5, 5.41) is 0. The van der Waals surface area contributed by atoms with Gasteiger partial charge in [0.1, 0.15) is 5.75 Å². The number of carbonyl (C=O) groups is 2. The Morgan fingerprint density at radius 2 is 1.79 bits per heavy atom. The van der Waals surface area contributed by atoms with E-state index in [9.17, 15) is 35.8 Å². The van der Waals surface area contributed by atoms with Crippen LogP contribution in [0, 0.1) is 28.6 Å². The van der Waals surface area contributed by atoms with Gasteiger partial charge in [-0.05, 0) is 129 Å². The first-order valence-corrected chi connectivity index (χ1v) is 20.0. The van der Waals surface area contributed by atoms with Crippen LogP contribution in [0.15, 0.2) is 36.5 Å². The third-order valence-corrected chi connectivity index (χ3v) is 14.7. The van der Waals surface area contributed by atoms with Crippen LogP contribution in [0.25, 0.3) is 0 Å². The molecule has 2 aromatic rings. The molecular formula is C40H50F6N2O4S. The second-order valence-corrected chi connectivity index (χ2v) is 19.7. The van der Waals surface area contributed by atoms with Crippen molar-refractivity contribution < 1.29 is 44.9 Å². The van der Waals surface area contributed by atoms with Crippen molar-refractivity contribution in [1.29, 1.82) is 0 Å². The standard InChI is InChI=1S/C40H50F6N2O4S/c1-36(2,23-37(3,4)53(51)17-7-13-39(42,43)40(44,45)46)14-11-24-18-26-19-27(52-35(50)48-21-25-8-6-16-47-32(25)22-48)9-10-28(26)29-12-15-38(5)30(33(24)29)20-31(41)34(38)49/h6,8-10,16,19,24,29-31,33H,7,11-15,17-18,20-23H2,1-5H3/t24-,29-,30+,31?,33-,38+,53?/m1/s1. The van der Waals surface area contributed by atoms with Gasteiger partial charge >= 0.3 is 18.2 Å². The van der Waals surface area contributed by atoms with Crippen molar-refractivity contribution in [2.24, 2.45) is 28.6 Å². The third kappa shape index (κ3) is 7.92. The highest BCUT2D eigenvalue weighted by Gasteiger charge is 2.60. The predicted octanol–water partition coefficient (Wildman–Crippen LogP) is 9.90. The first-order chi connectivity index (χ1) is 24.6. The largest absolute Gasteiger partial charge is 0.453 e. The zero-order chi connectivity index (χ0) is 38.7. The van der Waals surface area contributed by atoms with Crippen LogP contribution in [-0.4, -0.2) is 54.7 Å². The number of benzene rings is 1. The number of amides is 1. The smallest absolute Gasteiger partial charge is 0.410 e. The van der Waals surface area contributed by atoms with Crippen molar-refractivity contribution >= 4 is 22.7 Å². The molecule has 0 spiro atoms. The molecule has 2 unspecified atom stereocenters. The molecule has 1 aromatic heterocycles. The van der Waals surface area contributed by atoms with Crippen molar-refractivity contribution in [1.82, 2.24) is 9.88 Å².